The first-order chi connectivity index (χ1) is 9.99. The average Bonchev–Trinajstić information content (AvgIpc) is 2.49. The van der Waals surface area contributed by atoms with Crippen LogP contribution in [0.15, 0.2) is 30.3 Å². The molecule has 0 aromatic heterocycles. The number of likely N-dealkylation sites (N-methyl/N-ethyl adjacent to an activating group) is 1. The van der Waals surface area contributed by atoms with Gasteiger partial charge in [0.15, 0.2) is 0 Å². The summed E-state index contributed by atoms with van der Waals surface area (Å²) < 4.78 is 0. The fourth-order valence-corrected chi connectivity index (χ4v) is 3.01. The number of carbonyl (C=O) groups is 1. The Labute approximate surface area is 127 Å². The lowest BCUT2D eigenvalue weighted by molar-refractivity contribution is -0.134. The van der Waals surface area contributed by atoms with Crippen molar-refractivity contribution in [1.82, 2.24) is 9.80 Å². The highest BCUT2D eigenvalue weighted by Gasteiger charge is 2.30. The van der Waals surface area contributed by atoms with Crippen LogP contribution in [0.3, 0.4) is 0 Å². The Kier molecular flexibility index (Phi) is 5.37. The molecule has 4 heteroatoms. The fraction of sp³-hybridized carbons (Fsp3) is 0.588. The maximum absolute atomic E-state index is 12.5. The van der Waals surface area contributed by atoms with Crippen LogP contribution in [-0.4, -0.2) is 54.5 Å². The highest BCUT2D eigenvalue weighted by molar-refractivity contribution is 5.82. The number of carbonyl (C=O) groups excluding carboxylic acids is 1. The van der Waals surface area contributed by atoms with E-state index >= 15 is 0 Å². The second-order valence-electron chi connectivity index (χ2n) is 6.25. The largest absolute Gasteiger partial charge is 0.341 e. The second kappa shape index (κ2) is 7.05. The molecule has 0 spiro atoms. The molecular formula is C17H27N3O. The lowest BCUT2D eigenvalue weighted by atomic mass is 9.96. The zero-order chi connectivity index (χ0) is 15.4. The van der Waals surface area contributed by atoms with Crippen molar-refractivity contribution >= 4 is 5.91 Å². The summed E-state index contributed by atoms with van der Waals surface area (Å²) in [5, 5.41) is 0. The molecule has 2 rings (SSSR count). The zero-order valence-corrected chi connectivity index (χ0v) is 13.3. The van der Waals surface area contributed by atoms with Crippen LogP contribution in [0.2, 0.25) is 0 Å². The molecule has 1 aromatic rings. The number of rotatable bonds is 4. The van der Waals surface area contributed by atoms with Crippen LogP contribution in [0.4, 0.5) is 0 Å². The van der Waals surface area contributed by atoms with Gasteiger partial charge in [-0.2, -0.15) is 0 Å². The van der Waals surface area contributed by atoms with Crippen molar-refractivity contribution in [2.75, 3.05) is 20.6 Å². The summed E-state index contributed by atoms with van der Waals surface area (Å²) in [5.74, 6) is 0.0561. The van der Waals surface area contributed by atoms with Crippen molar-refractivity contribution in [2.24, 2.45) is 5.73 Å². The summed E-state index contributed by atoms with van der Waals surface area (Å²) in [6.45, 7) is 3.26. The van der Waals surface area contributed by atoms with E-state index in [1.165, 1.54) is 0 Å². The van der Waals surface area contributed by atoms with Gasteiger partial charge in [-0.25, -0.2) is 0 Å². The van der Waals surface area contributed by atoms with Crippen molar-refractivity contribution < 1.29 is 4.79 Å². The van der Waals surface area contributed by atoms with Crippen molar-refractivity contribution in [3.63, 3.8) is 0 Å². The Balaban J connectivity index is 1.92. The van der Waals surface area contributed by atoms with Gasteiger partial charge in [-0.05, 0) is 38.8 Å². The summed E-state index contributed by atoms with van der Waals surface area (Å²) in [6.07, 6.45) is 2.66. The molecule has 1 saturated heterocycles. The summed E-state index contributed by atoms with van der Waals surface area (Å²) in [6, 6.07) is 10.4. The normalized spacial score (nSPS) is 24.6. The molecule has 0 aliphatic carbocycles. The summed E-state index contributed by atoms with van der Waals surface area (Å²) in [5.41, 5.74) is 7.23. The summed E-state index contributed by atoms with van der Waals surface area (Å²) in [7, 11) is 4.04. The number of piperidine rings is 1. The molecule has 1 aromatic carbocycles. The van der Waals surface area contributed by atoms with Crippen molar-refractivity contribution in [3.8, 4) is 0 Å². The van der Waals surface area contributed by atoms with E-state index in [4.69, 9.17) is 5.73 Å². The van der Waals surface area contributed by atoms with Crippen LogP contribution in [0.25, 0.3) is 0 Å². The minimum absolute atomic E-state index is 0.0561. The third-order valence-electron chi connectivity index (χ3n) is 4.69. The van der Waals surface area contributed by atoms with E-state index in [0.717, 1.165) is 24.9 Å². The van der Waals surface area contributed by atoms with Crippen molar-refractivity contribution in [3.05, 3.63) is 35.9 Å². The predicted octanol–water partition coefficient (Wildman–Crippen LogP) is 1.50. The lowest BCUT2D eigenvalue weighted by Gasteiger charge is -2.40. The maximum Gasteiger partial charge on any atom is 0.239 e. The molecule has 0 saturated carbocycles. The fourth-order valence-electron chi connectivity index (χ4n) is 3.01. The van der Waals surface area contributed by atoms with Crippen LogP contribution in [0.5, 0.6) is 0 Å². The monoisotopic (exact) mass is 289 g/mol. The molecule has 116 valence electrons. The van der Waals surface area contributed by atoms with Crippen molar-refractivity contribution in [1.29, 1.82) is 0 Å². The summed E-state index contributed by atoms with van der Waals surface area (Å²) in [4.78, 5) is 16.7. The van der Waals surface area contributed by atoms with Gasteiger partial charge in [0.1, 0.15) is 0 Å². The third kappa shape index (κ3) is 4.05. The van der Waals surface area contributed by atoms with Crippen LogP contribution in [-0.2, 0) is 11.2 Å². The maximum atomic E-state index is 12.5. The second-order valence-corrected chi connectivity index (χ2v) is 6.25. The molecule has 1 heterocycles. The number of nitrogens with two attached hydrogens (primary N) is 1. The van der Waals surface area contributed by atoms with E-state index in [0.29, 0.717) is 18.5 Å². The minimum atomic E-state index is -0.452. The van der Waals surface area contributed by atoms with Gasteiger partial charge in [0.25, 0.3) is 0 Å². The Morgan fingerprint density at radius 3 is 2.71 bits per heavy atom. The van der Waals surface area contributed by atoms with E-state index in [2.05, 4.69) is 18.9 Å². The predicted molar refractivity (Wildman–Crippen MR) is 86.0 cm³/mol. The van der Waals surface area contributed by atoms with E-state index in [1.54, 1.807) is 0 Å². The Hall–Kier alpha value is -1.39. The van der Waals surface area contributed by atoms with Gasteiger partial charge in [-0.15, -0.1) is 0 Å². The topological polar surface area (TPSA) is 49.6 Å². The van der Waals surface area contributed by atoms with Gasteiger partial charge in [-0.3, -0.25) is 4.79 Å². The number of likely N-dealkylation sites (tertiary alicyclic amines) is 1. The molecule has 4 nitrogen and oxygen atoms in total. The first kappa shape index (κ1) is 16.0. The highest BCUT2D eigenvalue weighted by Crippen LogP contribution is 2.20. The number of hydrogen-bond donors (Lipinski definition) is 1. The molecule has 0 unspecified atom stereocenters. The standard InChI is InChI=1S/C17H27N3O/c1-13-11-15(9-10-19(13)2)20(3)17(21)16(18)12-14-7-5-4-6-8-14/h4-8,13,15-16H,9-12,18H2,1-3H3/t13-,15+,16+/m1/s1. The molecule has 0 radical (unpaired) electrons. The number of benzene rings is 1. The molecular weight excluding hydrogens is 262 g/mol. The SMILES string of the molecule is C[C@@H]1C[C@@H](N(C)C(=O)[C@@H](N)Cc2ccccc2)CCN1C. The lowest BCUT2D eigenvalue weighted by Crippen LogP contribution is -2.52. The van der Waals surface area contributed by atoms with Crippen LogP contribution in [0, 0.1) is 0 Å². The van der Waals surface area contributed by atoms with E-state index < -0.39 is 6.04 Å². The van der Waals surface area contributed by atoms with E-state index in [1.807, 2.05) is 42.3 Å². The molecule has 1 fully saturated rings. The molecule has 1 amide bonds. The summed E-state index contributed by atoms with van der Waals surface area (Å²) >= 11 is 0. The van der Waals surface area contributed by atoms with Gasteiger partial charge < -0.3 is 15.5 Å². The van der Waals surface area contributed by atoms with Crippen molar-refractivity contribution in [2.45, 2.75) is 44.3 Å². The first-order valence-electron chi connectivity index (χ1n) is 7.75. The van der Waals surface area contributed by atoms with Gasteiger partial charge in [0, 0.05) is 25.7 Å². The van der Waals surface area contributed by atoms with Crippen LogP contribution in [0.1, 0.15) is 25.3 Å². The molecule has 1 aliphatic heterocycles. The Bertz CT molecular complexity index is 462. The molecule has 1 aliphatic rings. The third-order valence-corrected chi connectivity index (χ3v) is 4.69. The smallest absolute Gasteiger partial charge is 0.239 e. The van der Waals surface area contributed by atoms with E-state index in [9.17, 15) is 4.79 Å². The molecule has 0 bridgehead atoms. The van der Waals surface area contributed by atoms with Crippen LogP contribution >= 0.6 is 0 Å². The Morgan fingerprint density at radius 2 is 2.10 bits per heavy atom. The molecule has 21 heavy (non-hydrogen) atoms. The molecule has 3 atom stereocenters. The number of amides is 1. The quantitative estimate of drug-likeness (QED) is 0.914. The zero-order valence-electron chi connectivity index (χ0n) is 13.3. The molecule has 2 N–H and O–H groups in total. The first-order valence-corrected chi connectivity index (χ1v) is 7.75. The van der Waals surface area contributed by atoms with Gasteiger partial charge in [0.05, 0.1) is 6.04 Å². The Morgan fingerprint density at radius 1 is 1.43 bits per heavy atom. The van der Waals surface area contributed by atoms with Gasteiger partial charge >= 0.3 is 0 Å². The minimum Gasteiger partial charge on any atom is -0.341 e. The highest BCUT2D eigenvalue weighted by atomic mass is 16.2. The number of nitrogens with zero attached hydrogens (tertiary/aromatic N) is 2. The van der Waals surface area contributed by atoms with Gasteiger partial charge in [0.2, 0.25) is 5.91 Å². The average molecular weight is 289 g/mol. The number of hydrogen-bond acceptors (Lipinski definition) is 3. The van der Waals surface area contributed by atoms with E-state index in [-0.39, 0.29) is 5.91 Å². The van der Waals surface area contributed by atoms with Crippen LogP contribution < -0.4 is 5.73 Å². The van der Waals surface area contributed by atoms with Gasteiger partial charge in [-0.1, -0.05) is 30.3 Å².